The van der Waals surface area contributed by atoms with E-state index in [1.54, 1.807) is 7.11 Å². The first-order valence-corrected chi connectivity index (χ1v) is 7.78. The number of hydrogen-bond acceptors (Lipinski definition) is 3. The fourth-order valence-electron chi connectivity index (χ4n) is 3.50. The number of hydrogen-bond donors (Lipinski definition) is 1. The van der Waals surface area contributed by atoms with Gasteiger partial charge in [0, 0.05) is 17.0 Å². The second kappa shape index (κ2) is 5.95. The van der Waals surface area contributed by atoms with Crippen LogP contribution in [0.3, 0.4) is 0 Å². The maximum Gasteiger partial charge on any atom is 0.307 e. The van der Waals surface area contributed by atoms with E-state index in [1.807, 2.05) is 31.2 Å². The van der Waals surface area contributed by atoms with Crippen molar-refractivity contribution in [3.63, 3.8) is 0 Å². The van der Waals surface area contributed by atoms with Crippen molar-refractivity contribution < 1.29 is 14.6 Å². The fraction of sp³-hybridized carbons (Fsp3) is 0.444. The average molecular weight is 299 g/mol. The number of carboxylic acids is 1. The number of carboxylic acid groups (broad SMARTS) is 1. The molecule has 1 aliphatic rings. The molecule has 116 valence electrons. The van der Waals surface area contributed by atoms with E-state index in [4.69, 9.17) is 9.72 Å². The van der Waals surface area contributed by atoms with Crippen molar-refractivity contribution in [2.45, 2.75) is 38.5 Å². The molecule has 0 spiro atoms. The summed E-state index contributed by atoms with van der Waals surface area (Å²) >= 11 is 0. The third-order valence-corrected chi connectivity index (χ3v) is 4.71. The van der Waals surface area contributed by atoms with Crippen LogP contribution in [0.5, 0.6) is 5.75 Å². The highest BCUT2D eigenvalue weighted by Gasteiger charge is 2.33. The van der Waals surface area contributed by atoms with Gasteiger partial charge in [0.2, 0.25) is 0 Å². The smallest absolute Gasteiger partial charge is 0.307 e. The molecule has 1 fully saturated rings. The highest BCUT2D eigenvalue weighted by atomic mass is 16.5. The van der Waals surface area contributed by atoms with Crippen molar-refractivity contribution in [3.8, 4) is 5.75 Å². The summed E-state index contributed by atoms with van der Waals surface area (Å²) in [7, 11) is 1.65. The molecule has 0 amide bonds. The zero-order chi connectivity index (χ0) is 15.7. The number of methoxy groups -OCH3 is 1. The van der Waals surface area contributed by atoms with Crippen LogP contribution in [-0.2, 0) is 4.79 Å². The summed E-state index contributed by atoms with van der Waals surface area (Å²) < 4.78 is 5.27. The summed E-state index contributed by atoms with van der Waals surface area (Å²) in [6, 6.07) is 7.88. The van der Waals surface area contributed by atoms with Gasteiger partial charge in [0.15, 0.2) is 0 Å². The Balaban J connectivity index is 2.05. The molecule has 1 aliphatic carbocycles. The van der Waals surface area contributed by atoms with Crippen molar-refractivity contribution in [3.05, 3.63) is 35.5 Å². The Morgan fingerprint density at radius 2 is 2.05 bits per heavy atom. The van der Waals surface area contributed by atoms with Gasteiger partial charge < -0.3 is 9.84 Å². The lowest BCUT2D eigenvalue weighted by molar-refractivity contribution is -0.143. The van der Waals surface area contributed by atoms with Gasteiger partial charge in [-0.05, 0) is 49.6 Å². The van der Waals surface area contributed by atoms with E-state index >= 15 is 0 Å². The van der Waals surface area contributed by atoms with Crippen LogP contribution in [0.4, 0.5) is 0 Å². The number of rotatable bonds is 3. The van der Waals surface area contributed by atoms with E-state index in [0.717, 1.165) is 53.6 Å². The molecule has 1 N–H and O–H groups in total. The summed E-state index contributed by atoms with van der Waals surface area (Å²) in [5.74, 6) is -0.169. The minimum Gasteiger partial charge on any atom is -0.497 e. The standard InChI is InChI=1S/C18H21NO3/c1-11-9-17(13-5-3-4-6-14(13)18(20)21)19-16-8-7-12(22-2)10-15(11)16/h7-10,13-14H,3-6H2,1-2H3,(H,20,21). The number of benzene rings is 1. The van der Waals surface area contributed by atoms with Gasteiger partial charge in [-0.1, -0.05) is 12.8 Å². The van der Waals surface area contributed by atoms with Gasteiger partial charge in [0.25, 0.3) is 0 Å². The molecule has 22 heavy (non-hydrogen) atoms. The van der Waals surface area contributed by atoms with Gasteiger partial charge in [-0.3, -0.25) is 9.78 Å². The van der Waals surface area contributed by atoms with Crippen LogP contribution in [0.1, 0.15) is 42.9 Å². The Morgan fingerprint density at radius 3 is 2.77 bits per heavy atom. The maximum absolute atomic E-state index is 11.5. The first-order valence-electron chi connectivity index (χ1n) is 7.78. The summed E-state index contributed by atoms with van der Waals surface area (Å²) in [5.41, 5.74) is 2.95. The molecule has 2 atom stereocenters. The van der Waals surface area contributed by atoms with Crippen molar-refractivity contribution in [1.29, 1.82) is 0 Å². The zero-order valence-electron chi connectivity index (χ0n) is 13.0. The Morgan fingerprint density at radius 1 is 1.27 bits per heavy atom. The molecular formula is C18H21NO3. The third-order valence-electron chi connectivity index (χ3n) is 4.71. The largest absolute Gasteiger partial charge is 0.497 e. The molecule has 3 rings (SSSR count). The van der Waals surface area contributed by atoms with Crippen LogP contribution in [0.15, 0.2) is 24.3 Å². The molecule has 0 saturated heterocycles. The minimum absolute atomic E-state index is 0.0245. The molecule has 4 heteroatoms. The molecule has 0 bridgehead atoms. The first-order chi connectivity index (χ1) is 10.6. The van der Waals surface area contributed by atoms with Gasteiger partial charge in [0.05, 0.1) is 18.5 Å². The lowest BCUT2D eigenvalue weighted by Crippen LogP contribution is -2.26. The van der Waals surface area contributed by atoms with Crippen molar-refractivity contribution >= 4 is 16.9 Å². The number of aryl methyl sites for hydroxylation is 1. The summed E-state index contributed by atoms with van der Waals surface area (Å²) in [6.45, 7) is 2.05. The van der Waals surface area contributed by atoms with Crippen molar-refractivity contribution in [1.82, 2.24) is 4.98 Å². The Labute approximate surface area is 130 Å². The Bertz CT molecular complexity index is 711. The quantitative estimate of drug-likeness (QED) is 0.933. The van der Waals surface area contributed by atoms with Gasteiger partial charge in [-0.2, -0.15) is 0 Å². The van der Waals surface area contributed by atoms with E-state index in [-0.39, 0.29) is 11.8 Å². The summed E-state index contributed by atoms with van der Waals surface area (Å²) in [6.07, 6.45) is 3.74. The number of aliphatic carboxylic acids is 1. The predicted octanol–water partition coefficient (Wildman–Crippen LogP) is 3.91. The van der Waals surface area contributed by atoms with E-state index in [2.05, 4.69) is 0 Å². The van der Waals surface area contributed by atoms with Crippen LogP contribution in [-0.4, -0.2) is 23.2 Å². The molecule has 1 aromatic heterocycles. The van der Waals surface area contributed by atoms with Crippen LogP contribution in [0.25, 0.3) is 10.9 Å². The highest BCUT2D eigenvalue weighted by molar-refractivity contribution is 5.84. The van der Waals surface area contributed by atoms with Crippen LogP contribution < -0.4 is 4.74 Å². The molecule has 1 aromatic carbocycles. The molecule has 1 saturated carbocycles. The van der Waals surface area contributed by atoms with E-state index in [9.17, 15) is 9.90 Å². The van der Waals surface area contributed by atoms with Crippen LogP contribution >= 0.6 is 0 Å². The SMILES string of the molecule is COc1ccc2nc(C3CCCCC3C(=O)O)cc(C)c2c1. The minimum atomic E-state index is -0.695. The van der Waals surface area contributed by atoms with Crippen molar-refractivity contribution in [2.75, 3.05) is 7.11 Å². The second-order valence-electron chi connectivity index (χ2n) is 6.08. The average Bonchev–Trinajstić information content (AvgIpc) is 2.54. The van der Waals surface area contributed by atoms with E-state index in [1.165, 1.54) is 0 Å². The maximum atomic E-state index is 11.5. The molecule has 2 aromatic rings. The highest BCUT2D eigenvalue weighted by Crippen LogP contribution is 2.38. The number of nitrogens with zero attached hydrogens (tertiary/aromatic N) is 1. The molecule has 0 radical (unpaired) electrons. The van der Waals surface area contributed by atoms with Gasteiger partial charge in [-0.15, -0.1) is 0 Å². The normalized spacial score (nSPS) is 21.7. The van der Waals surface area contributed by atoms with E-state index in [0.29, 0.717) is 0 Å². The third kappa shape index (κ3) is 2.65. The monoisotopic (exact) mass is 299 g/mol. The lowest BCUT2D eigenvalue weighted by atomic mass is 9.77. The number of pyridine rings is 1. The van der Waals surface area contributed by atoms with Gasteiger partial charge >= 0.3 is 5.97 Å². The van der Waals surface area contributed by atoms with Gasteiger partial charge in [-0.25, -0.2) is 0 Å². The molecule has 1 heterocycles. The molecule has 2 unspecified atom stereocenters. The Kier molecular flexibility index (Phi) is 4.01. The van der Waals surface area contributed by atoms with Crippen LogP contribution in [0, 0.1) is 12.8 Å². The van der Waals surface area contributed by atoms with Crippen molar-refractivity contribution in [2.24, 2.45) is 5.92 Å². The topological polar surface area (TPSA) is 59.4 Å². The van der Waals surface area contributed by atoms with Crippen LogP contribution in [0.2, 0.25) is 0 Å². The lowest BCUT2D eigenvalue weighted by Gasteiger charge is -2.28. The fourth-order valence-corrected chi connectivity index (χ4v) is 3.50. The number of carbonyl (C=O) groups is 1. The zero-order valence-corrected chi connectivity index (χ0v) is 13.0. The second-order valence-corrected chi connectivity index (χ2v) is 6.08. The molecule has 0 aliphatic heterocycles. The number of ether oxygens (including phenoxy) is 1. The van der Waals surface area contributed by atoms with E-state index < -0.39 is 5.97 Å². The number of fused-ring (bicyclic) bond motifs is 1. The summed E-state index contributed by atoms with van der Waals surface area (Å²) in [5, 5.41) is 10.5. The molecule has 4 nitrogen and oxygen atoms in total. The predicted molar refractivity (Wildman–Crippen MR) is 85.4 cm³/mol. The van der Waals surface area contributed by atoms with Gasteiger partial charge in [0.1, 0.15) is 5.75 Å². The number of aromatic nitrogens is 1. The first kappa shape index (κ1) is 14.8. The summed E-state index contributed by atoms with van der Waals surface area (Å²) in [4.78, 5) is 16.3. The Hall–Kier alpha value is -2.10. The molecular weight excluding hydrogens is 278 g/mol.